The lowest BCUT2D eigenvalue weighted by Crippen LogP contribution is -2.38. The van der Waals surface area contributed by atoms with Crippen molar-refractivity contribution >= 4 is 36.7 Å². The molecule has 0 aliphatic rings. The van der Waals surface area contributed by atoms with Crippen LogP contribution in [0.1, 0.15) is 13.3 Å². The van der Waals surface area contributed by atoms with Gasteiger partial charge in [0.05, 0.1) is 0 Å². The Bertz CT molecular complexity index is 166. The SMILES string of the molecule is CC(NC(=O)CCN)C(=O)O.Cl.Cl. The smallest absolute Gasteiger partial charge is 0.325 e. The lowest BCUT2D eigenvalue weighted by Gasteiger charge is -2.07. The molecule has 13 heavy (non-hydrogen) atoms. The summed E-state index contributed by atoms with van der Waals surface area (Å²) in [6.45, 7) is 1.63. The highest BCUT2D eigenvalue weighted by atomic mass is 35.5. The van der Waals surface area contributed by atoms with Gasteiger partial charge in [-0.15, -0.1) is 24.8 Å². The molecule has 0 spiro atoms. The van der Waals surface area contributed by atoms with E-state index in [4.69, 9.17) is 10.8 Å². The Labute approximate surface area is 88.9 Å². The maximum atomic E-state index is 10.7. The molecule has 0 heterocycles. The molecular formula is C6H14Cl2N2O3. The monoisotopic (exact) mass is 232 g/mol. The highest BCUT2D eigenvalue weighted by molar-refractivity contribution is 5.85. The number of carbonyl (C=O) groups excluding carboxylic acids is 1. The van der Waals surface area contributed by atoms with Crippen molar-refractivity contribution in [2.75, 3.05) is 6.54 Å². The van der Waals surface area contributed by atoms with Gasteiger partial charge in [0.25, 0.3) is 0 Å². The van der Waals surface area contributed by atoms with Gasteiger partial charge in [-0.1, -0.05) is 0 Å². The average Bonchev–Trinajstić information content (AvgIpc) is 1.87. The van der Waals surface area contributed by atoms with Crippen LogP contribution in [0.3, 0.4) is 0 Å². The summed E-state index contributed by atoms with van der Waals surface area (Å²) in [5.41, 5.74) is 5.07. The van der Waals surface area contributed by atoms with E-state index >= 15 is 0 Å². The van der Waals surface area contributed by atoms with Crippen molar-refractivity contribution in [2.45, 2.75) is 19.4 Å². The fourth-order valence-electron chi connectivity index (χ4n) is 0.506. The van der Waals surface area contributed by atoms with Gasteiger partial charge >= 0.3 is 5.97 Å². The predicted octanol–water partition coefficient (Wildman–Crippen LogP) is -0.232. The standard InChI is InChI=1S/C6H12N2O3.2ClH/c1-4(6(10)11)8-5(9)2-3-7;;/h4H,2-3,7H2,1H3,(H,8,9)(H,10,11);2*1H. The Morgan fingerprint density at radius 3 is 2.23 bits per heavy atom. The summed E-state index contributed by atoms with van der Waals surface area (Å²) in [7, 11) is 0. The summed E-state index contributed by atoms with van der Waals surface area (Å²) in [4.78, 5) is 20.9. The minimum absolute atomic E-state index is 0. The Hall–Kier alpha value is -0.520. The highest BCUT2D eigenvalue weighted by Gasteiger charge is 2.12. The van der Waals surface area contributed by atoms with Gasteiger partial charge in [-0.25, -0.2) is 0 Å². The molecule has 1 atom stereocenters. The fourth-order valence-corrected chi connectivity index (χ4v) is 0.506. The van der Waals surface area contributed by atoms with Gasteiger partial charge in [0, 0.05) is 13.0 Å². The molecule has 0 aromatic heterocycles. The quantitative estimate of drug-likeness (QED) is 0.625. The molecule has 0 rings (SSSR count). The number of nitrogens with one attached hydrogen (secondary N) is 1. The maximum Gasteiger partial charge on any atom is 0.325 e. The van der Waals surface area contributed by atoms with E-state index in [1.807, 2.05) is 0 Å². The van der Waals surface area contributed by atoms with E-state index in [0.29, 0.717) is 0 Å². The summed E-state index contributed by atoms with van der Waals surface area (Å²) in [6.07, 6.45) is 0.164. The van der Waals surface area contributed by atoms with E-state index in [1.54, 1.807) is 0 Å². The predicted molar refractivity (Wildman–Crippen MR) is 53.4 cm³/mol. The molecular weight excluding hydrogens is 219 g/mol. The number of carboxylic acids is 1. The van der Waals surface area contributed by atoms with Gasteiger partial charge < -0.3 is 16.2 Å². The first-order valence-electron chi connectivity index (χ1n) is 3.30. The second-order valence-electron chi connectivity index (χ2n) is 2.17. The number of carbonyl (C=O) groups is 2. The fraction of sp³-hybridized carbons (Fsp3) is 0.667. The van der Waals surface area contributed by atoms with Crippen LogP contribution in [-0.4, -0.2) is 29.6 Å². The third kappa shape index (κ3) is 9.39. The van der Waals surface area contributed by atoms with E-state index in [2.05, 4.69) is 5.32 Å². The third-order valence-electron chi connectivity index (χ3n) is 1.12. The molecule has 0 aromatic rings. The lowest BCUT2D eigenvalue weighted by molar-refractivity contribution is -0.141. The molecule has 0 aliphatic carbocycles. The third-order valence-corrected chi connectivity index (χ3v) is 1.12. The molecule has 1 unspecified atom stereocenters. The van der Waals surface area contributed by atoms with Crippen molar-refractivity contribution in [3.63, 3.8) is 0 Å². The van der Waals surface area contributed by atoms with Gasteiger partial charge in [-0.2, -0.15) is 0 Å². The first-order valence-corrected chi connectivity index (χ1v) is 3.30. The van der Waals surface area contributed by atoms with Crippen molar-refractivity contribution in [1.29, 1.82) is 0 Å². The molecule has 5 nitrogen and oxygen atoms in total. The van der Waals surface area contributed by atoms with Crippen LogP contribution in [0.4, 0.5) is 0 Å². The van der Waals surface area contributed by atoms with Crippen LogP contribution < -0.4 is 11.1 Å². The number of nitrogens with two attached hydrogens (primary N) is 1. The number of amides is 1. The van der Waals surface area contributed by atoms with Gasteiger partial charge in [-0.05, 0) is 6.92 Å². The number of carboxylic acid groups (broad SMARTS) is 1. The number of hydrogen-bond acceptors (Lipinski definition) is 3. The minimum Gasteiger partial charge on any atom is -0.480 e. The first kappa shape index (κ1) is 18.3. The molecule has 1 amide bonds. The minimum atomic E-state index is -1.05. The second kappa shape index (κ2) is 9.57. The van der Waals surface area contributed by atoms with Crippen LogP contribution in [0.15, 0.2) is 0 Å². The van der Waals surface area contributed by atoms with Gasteiger partial charge in [0.2, 0.25) is 5.91 Å². The Balaban J connectivity index is -0.000000500. The van der Waals surface area contributed by atoms with Gasteiger partial charge in [-0.3, -0.25) is 9.59 Å². The summed E-state index contributed by atoms with van der Waals surface area (Å²) in [5, 5.41) is 10.6. The average molecular weight is 233 g/mol. The van der Waals surface area contributed by atoms with Crippen LogP contribution in [-0.2, 0) is 9.59 Å². The zero-order valence-electron chi connectivity index (χ0n) is 7.15. The summed E-state index contributed by atoms with van der Waals surface area (Å²) >= 11 is 0. The van der Waals surface area contributed by atoms with Gasteiger partial charge in [0.15, 0.2) is 0 Å². The molecule has 4 N–H and O–H groups in total. The van der Waals surface area contributed by atoms with Crippen molar-refractivity contribution in [2.24, 2.45) is 5.73 Å². The molecule has 0 radical (unpaired) electrons. The van der Waals surface area contributed by atoms with Crippen LogP contribution in [0.5, 0.6) is 0 Å². The molecule has 0 saturated heterocycles. The summed E-state index contributed by atoms with van der Waals surface area (Å²) in [5.74, 6) is -1.38. The van der Waals surface area contributed by atoms with E-state index in [-0.39, 0.29) is 43.7 Å². The molecule has 80 valence electrons. The lowest BCUT2D eigenvalue weighted by atomic mass is 10.3. The second-order valence-corrected chi connectivity index (χ2v) is 2.17. The zero-order valence-corrected chi connectivity index (χ0v) is 8.78. The highest BCUT2D eigenvalue weighted by Crippen LogP contribution is 1.82. The molecule has 0 aromatic carbocycles. The number of halogens is 2. The Morgan fingerprint density at radius 2 is 1.92 bits per heavy atom. The maximum absolute atomic E-state index is 10.7. The molecule has 0 aliphatic heterocycles. The normalized spacial score (nSPS) is 10.3. The van der Waals surface area contributed by atoms with Crippen molar-refractivity contribution in [3.8, 4) is 0 Å². The largest absolute Gasteiger partial charge is 0.480 e. The molecule has 0 fully saturated rings. The summed E-state index contributed by atoms with van der Waals surface area (Å²) in [6, 6.07) is -0.839. The molecule has 7 heteroatoms. The first-order chi connectivity index (χ1) is 5.07. The van der Waals surface area contributed by atoms with Crippen LogP contribution >= 0.6 is 24.8 Å². The molecule has 0 bridgehead atoms. The number of aliphatic carboxylic acids is 1. The van der Waals surface area contributed by atoms with Crippen molar-refractivity contribution in [3.05, 3.63) is 0 Å². The van der Waals surface area contributed by atoms with Gasteiger partial charge in [0.1, 0.15) is 6.04 Å². The van der Waals surface area contributed by atoms with Crippen LogP contribution in [0.25, 0.3) is 0 Å². The number of rotatable bonds is 4. The van der Waals surface area contributed by atoms with Crippen molar-refractivity contribution < 1.29 is 14.7 Å². The Morgan fingerprint density at radius 1 is 1.46 bits per heavy atom. The number of hydrogen-bond donors (Lipinski definition) is 3. The van der Waals surface area contributed by atoms with E-state index in [9.17, 15) is 9.59 Å². The van der Waals surface area contributed by atoms with Crippen molar-refractivity contribution in [1.82, 2.24) is 5.32 Å². The van der Waals surface area contributed by atoms with E-state index < -0.39 is 12.0 Å². The van der Waals surface area contributed by atoms with E-state index in [0.717, 1.165) is 0 Å². The van der Waals surface area contributed by atoms with E-state index in [1.165, 1.54) is 6.92 Å². The Kier molecular flexibility index (Phi) is 13.5. The topological polar surface area (TPSA) is 92.4 Å². The van der Waals surface area contributed by atoms with Crippen LogP contribution in [0.2, 0.25) is 0 Å². The van der Waals surface area contributed by atoms with Crippen LogP contribution in [0, 0.1) is 0 Å². The molecule has 0 saturated carbocycles. The zero-order chi connectivity index (χ0) is 8.85. The summed E-state index contributed by atoms with van der Waals surface area (Å²) < 4.78 is 0.